The van der Waals surface area contributed by atoms with E-state index in [1.807, 2.05) is 4.90 Å². The van der Waals surface area contributed by atoms with Crippen LogP contribution in [0.5, 0.6) is 0 Å². The minimum Gasteiger partial charge on any atom is -0.341 e. The van der Waals surface area contributed by atoms with Crippen molar-refractivity contribution < 1.29 is 9.59 Å². The van der Waals surface area contributed by atoms with Crippen LogP contribution in [-0.4, -0.2) is 49.6 Å². The molecule has 80 valence electrons. The third-order valence-electron chi connectivity index (χ3n) is 2.16. The Labute approximate surface area is 82.8 Å². The predicted molar refractivity (Wildman–Crippen MR) is 51.6 cm³/mol. The largest absolute Gasteiger partial charge is 0.341 e. The van der Waals surface area contributed by atoms with Gasteiger partial charge in [0.25, 0.3) is 0 Å². The Morgan fingerprint density at radius 3 is 2.79 bits per heavy atom. The summed E-state index contributed by atoms with van der Waals surface area (Å²) >= 11 is 0. The van der Waals surface area contributed by atoms with E-state index in [4.69, 9.17) is 5.73 Å². The molecule has 0 aromatic rings. The molecule has 1 rings (SSSR count). The van der Waals surface area contributed by atoms with E-state index in [2.05, 4.69) is 10.6 Å². The first-order valence-corrected chi connectivity index (χ1v) is 4.61. The smallest absolute Gasteiger partial charge is 0.321 e. The summed E-state index contributed by atoms with van der Waals surface area (Å²) in [7, 11) is 1.47. The van der Waals surface area contributed by atoms with Crippen LogP contribution in [-0.2, 0) is 4.79 Å². The van der Waals surface area contributed by atoms with Crippen molar-refractivity contribution in [2.75, 3.05) is 26.7 Å². The zero-order valence-electron chi connectivity index (χ0n) is 8.25. The van der Waals surface area contributed by atoms with Gasteiger partial charge in [-0.05, 0) is 6.42 Å². The summed E-state index contributed by atoms with van der Waals surface area (Å²) in [6, 6.07) is -0.318. The van der Waals surface area contributed by atoms with Crippen molar-refractivity contribution in [3.63, 3.8) is 0 Å². The number of nitrogens with one attached hydrogen (secondary N) is 2. The standard InChI is InChI=1S/C8H16N4O2/c1-10-8(14)11-7(13)5-12-3-2-6(9)4-12/h6H,2-5,9H2,1H3,(H2,10,11,13,14)/t6-/m0/s1. The van der Waals surface area contributed by atoms with Gasteiger partial charge in [-0.1, -0.05) is 0 Å². The maximum Gasteiger partial charge on any atom is 0.321 e. The first kappa shape index (κ1) is 10.9. The number of likely N-dealkylation sites (tertiary alicyclic amines) is 1. The highest BCUT2D eigenvalue weighted by Gasteiger charge is 2.21. The Morgan fingerprint density at radius 2 is 2.29 bits per heavy atom. The van der Waals surface area contributed by atoms with E-state index in [9.17, 15) is 9.59 Å². The van der Waals surface area contributed by atoms with E-state index >= 15 is 0 Å². The second-order valence-electron chi connectivity index (χ2n) is 3.41. The lowest BCUT2D eigenvalue weighted by Crippen LogP contribution is -2.43. The molecule has 0 aromatic heterocycles. The van der Waals surface area contributed by atoms with Gasteiger partial charge in [-0.15, -0.1) is 0 Å². The van der Waals surface area contributed by atoms with E-state index in [0.29, 0.717) is 0 Å². The molecule has 0 aromatic carbocycles. The van der Waals surface area contributed by atoms with Crippen molar-refractivity contribution in [1.82, 2.24) is 15.5 Å². The van der Waals surface area contributed by atoms with Crippen LogP contribution in [0, 0.1) is 0 Å². The Bertz CT molecular complexity index is 231. The number of urea groups is 1. The lowest BCUT2D eigenvalue weighted by molar-refractivity contribution is -0.120. The average molecular weight is 200 g/mol. The van der Waals surface area contributed by atoms with Gasteiger partial charge in [0.1, 0.15) is 0 Å². The van der Waals surface area contributed by atoms with E-state index in [-0.39, 0.29) is 18.5 Å². The molecule has 4 N–H and O–H groups in total. The fourth-order valence-electron chi connectivity index (χ4n) is 1.44. The third kappa shape index (κ3) is 3.31. The quantitative estimate of drug-likeness (QED) is 0.505. The van der Waals surface area contributed by atoms with Gasteiger partial charge in [0.15, 0.2) is 0 Å². The molecule has 1 aliphatic heterocycles. The van der Waals surface area contributed by atoms with Crippen LogP contribution in [0.25, 0.3) is 0 Å². The fraction of sp³-hybridized carbons (Fsp3) is 0.750. The Hall–Kier alpha value is -1.14. The van der Waals surface area contributed by atoms with Crippen molar-refractivity contribution in [1.29, 1.82) is 0 Å². The van der Waals surface area contributed by atoms with Gasteiger partial charge < -0.3 is 11.1 Å². The number of nitrogens with zero attached hydrogens (tertiary/aromatic N) is 1. The van der Waals surface area contributed by atoms with E-state index in [0.717, 1.165) is 19.5 Å². The second-order valence-corrected chi connectivity index (χ2v) is 3.41. The lowest BCUT2D eigenvalue weighted by Gasteiger charge is -2.13. The number of nitrogens with two attached hydrogens (primary N) is 1. The molecular weight excluding hydrogens is 184 g/mol. The predicted octanol–water partition coefficient (Wildman–Crippen LogP) is -1.52. The summed E-state index contributed by atoms with van der Waals surface area (Å²) in [4.78, 5) is 23.9. The molecule has 0 radical (unpaired) electrons. The maximum atomic E-state index is 11.2. The molecule has 1 heterocycles. The molecule has 1 saturated heterocycles. The molecule has 0 spiro atoms. The highest BCUT2D eigenvalue weighted by molar-refractivity contribution is 5.95. The van der Waals surface area contributed by atoms with Crippen molar-refractivity contribution in [2.45, 2.75) is 12.5 Å². The van der Waals surface area contributed by atoms with Crippen molar-refractivity contribution >= 4 is 11.9 Å². The van der Waals surface area contributed by atoms with Crippen LogP contribution in [0.2, 0.25) is 0 Å². The van der Waals surface area contributed by atoms with E-state index in [1.165, 1.54) is 7.05 Å². The summed E-state index contributed by atoms with van der Waals surface area (Å²) in [6.07, 6.45) is 0.910. The highest BCUT2D eigenvalue weighted by Crippen LogP contribution is 2.05. The second kappa shape index (κ2) is 4.92. The number of hydrogen-bond donors (Lipinski definition) is 3. The maximum absolute atomic E-state index is 11.2. The highest BCUT2D eigenvalue weighted by atomic mass is 16.2. The van der Waals surface area contributed by atoms with Crippen LogP contribution in [0.4, 0.5) is 4.79 Å². The molecule has 0 aliphatic carbocycles. The van der Waals surface area contributed by atoms with Gasteiger partial charge in [-0.2, -0.15) is 0 Å². The Balaban J connectivity index is 2.23. The molecule has 1 aliphatic rings. The van der Waals surface area contributed by atoms with Gasteiger partial charge in [-0.3, -0.25) is 15.0 Å². The molecule has 1 atom stereocenters. The van der Waals surface area contributed by atoms with Gasteiger partial charge in [0, 0.05) is 26.2 Å². The summed E-state index contributed by atoms with van der Waals surface area (Å²) in [6.45, 7) is 1.78. The van der Waals surface area contributed by atoms with Gasteiger partial charge in [-0.25, -0.2) is 4.79 Å². The van der Waals surface area contributed by atoms with Crippen LogP contribution in [0.3, 0.4) is 0 Å². The molecule has 14 heavy (non-hydrogen) atoms. The molecule has 1 fully saturated rings. The molecule has 6 nitrogen and oxygen atoms in total. The van der Waals surface area contributed by atoms with Crippen LogP contribution in [0.15, 0.2) is 0 Å². The first-order chi connectivity index (χ1) is 6.61. The monoisotopic (exact) mass is 200 g/mol. The zero-order chi connectivity index (χ0) is 10.6. The first-order valence-electron chi connectivity index (χ1n) is 4.61. The van der Waals surface area contributed by atoms with E-state index in [1.54, 1.807) is 0 Å². The molecule has 6 heteroatoms. The van der Waals surface area contributed by atoms with Crippen LogP contribution >= 0.6 is 0 Å². The van der Waals surface area contributed by atoms with Gasteiger partial charge in [0.05, 0.1) is 6.54 Å². The Kier molecular flexibility index (Phi) is 3.84. The fourth-order valence-corrected chi connectivity index (χ4v) is 1.44. The molecule has 0 unspecified atom stereocenters. The normalized spacial score (nSPS) is 22.0. The van der Waals surface area contributed by atoms with Crippen LogP contribution in [0.1, 0.15) is 6.42 Å². The third-order valence-corrected chi connectivity index (χ3v) is 2.16. The zero-order valence-corrected chi connectivity index (χ0v) is 8.25. The SMILES string of the molecule is CNC(=O)NC(=O)CN1CC[C@H](N)C1. The number of hydrogen-bond acceptors (Lipinski definition) is 4. The van der Waals surface area contributed by atoms with E-state index < -0.39 is 6.03 Å². The molecule has 0 saturated carbocycles. The number of carbonyl (C=O) groups excluding carboxylic acids is 2. The number of imide groups is 1. The number of carbonyl (C=O) groups is 2. The molecule has 0 bridgehead atoms. The summed E-state index contributed by atoms with van der Waals surface area (Å²) in [5, 5.41) is 4.52. The minimum atomic E-state index is -0.474. The minimum absolute atomic E-state index is 0.155. The lowest BCUT2D eigenvalue weighted by atomic mass is 10.3. The summed E-state index contributed by atoms with van der Waals surface area (Å²) in [5.41, 5.74) is 5.68. The average Bonchev–Trinajstić information content (AvgIpc) is 2.50. The molecular formula is C8H16N4O2. The number of amides is 3. The van der Waals surface area contributed by atoms with Crippen molar-refractivity contribution in [3.8, 4) is 0 Å². The van der Waals surface area contributed by atoms with Crippen LogP contribution < -0.4 is 16.4 Å². The van der Waals surface area contributed by atoms with Gasteiger partial charge in [0.2, 0.25) is 5.91 Å². The summed E-state index contributed by atoms with van der Waals surface area (Å²) in [5.74, 6) is -0.293. The van der Waals surface area contributed by atoms with Crippen molar-refractivity contribution in [2.24, 2.45) is 5.73 Å². The molecule has 3 amide bonds. The Morgan fingerprint density at radius 1 is 1.57 bits per heavy atom. The summed E-state index contributed by atoms with van der Waals surface area (Å²) < 4.78 is 0. The topological polar surface area (TPSA) is 87.5 Å². The van der Waals surface area contributed by atoms with Crippen molar-refractivity contribution in [3.05, 3.63) is 0 Å². The van der Waals surface area contributed by atoms with Gasteiger partial charge >= 0.3 is 6.03 Å². The number of rotatable bonds is 2.